The third-order valence-corrected chi connectivity index (χ3v) is 3.94. The normalized spacial score (nSPS) is 17.6. The zero-order valence-electron chi connectivity index (χ0n) is 12.8. The van der Waals surface area contributed by atoms with E-state index in [1.165, 1.54) is 0 Å². The summed E-state index contributed by atoms with van der Waals surface area (Å²) in [5.41, 5.74) is 0. The SMILES string of the molecule is CC(C)CC(=O)N(Cc1ccco1)C1CCN(C)CC1. The van der Waals surface area contributed by atoms with Gasteiger partial charge in [-0.2, -0.15) is 0 Å². The van der Waals surface area contributed by atoms with Crippen molar-refractivity contribution in [3.63, 3.8) is 0 Å². The lowest BCUT2D eigenvalue weighted by molar-refractivity contribution is -0.136. The molecule has 0 N–H and O–H groups in total. The monoisotopic (exact) mass is 278 g/mol. The van der Waals surface area contributed by atoms with E-state index in [1.807, 2.05) is 17.0 Å². The molecule has 0 aliphatic carbocycles. The van der Waals surface area contributed by atoms with Gasteiger partial charge in [0.1, 0.15) is 5.76 Å². The van der Waals surface area contributed by atoms with Gasteiger partial charge in [0.15, 0.2) is 0 Å². The third-order valence-electron chi connectivity index (χ3n) is 3.94. The van der Waals surface area contributed by atoms with Gasteiger partial charge < -0.3 is 14.2 Å². The molecule has 0 aromatic carbocycles. The van der Waals surface area contributed by atoms with Crippen LogP contribution >= 0.6 is 0 Å². The van der Waals surface area contributed by atoms with Crippen LogP contribution in [0.4, 0.5) is 0 Å². The largest absolute Gasteiger partial charge is 0.467 e. The second-order valence-electron chi connectivity index (χ2n) is 6.23. The van der Waals surface area contributed by atoms with Gasteiger partial charge in [-0.05, 0) is 51.0 Å². The third kappa shape index (κ3) is 4.10. The molecular formula is C16H26N2O2. The number of piperidine rings is 1. The van der Waals surface area contributed by atoms with E-state index in [9.17, 15) is 4.79 Å². The summed E-state index contributed by atoms with van der Waals surface area (Å²) < 4.78 is 5.43. The van der Waals surface area contributed by atoms with Crippen LogP contribution in [0.5, 0.6) is 0 Å². The van der Waals surface area contributed by atoms with Gasteiger partial charge in [0, 0.05) is 12.5 Å². The lowest BCUT2D eigenvalue weighted by atomic mass is 10.0. The summed E-state index contributed by atoms with van der Waals surface area (Å²) in [6.45, 7) is 6.92. The van der Waals surface area contributed by atoms with Gasteiger partial charge in [0.05, 0.1) is 12.8 Å². The highest BCUT2D eigenvalue weighted by molar-refractivity contribution is 5.76. The Balaban J connectivity index is 2.04. The smallest absolute Gasteiger partial charge is 0.223 e. The molecule has 1 saturated heterocycles. The molecule has 1 fully saturated rings. The minimum Gasteiger partial charge on any atom is -0.467 e. The molecule has 0 saturated carbocycles. The van der Waals surface area contributed by atoms with E-state index in [0.717, 1.165) is 31.7 Å². The van der Waals surface area contributed by atoms with Gasteiger partial charge in [-0.1, -0.05) is 13.8 Å². The topological polar surface area (TPSA) is 36.7 Å². The number of furan rings is 1. The van der Waals surface area contributed by atoms with Crippen LogP contribution in [0, 0.1) is 5.92 Å². The molecule has 0 atom stereocenters. The molecule has 20 heavy (non-hydrogen) atoms. The lowest BCUT2D eigenvalue weighted by Crippen LogP contribution is -2.46. The first-order chi connectivity index (χ1) is 9.56. The number of likely N-dealkylation sites (tertiary alicyclic amines) is 1. The predicted octanol–water partition coefficient (Wildman–Crippen LogP) is 2.75. The number of carbonyl (C=O) groups is 1. The molecule has 0 unspecified atom stereocenters. The van der Waals surface area contributed by atoms with E-state index < -0.39 is 0 Å². The molecule has 0 bridgehead atoms. The fraction of sp³-hybridized carbons (Fsp3) is 0.688. The summed E-state index contributed by atoms with van der Waals surface area (Å²) in [5, 5.41) is 0. The molecule has 1 amide bonds. The van der Waals surface area contributed by atoms with Crippen molar-refractivity contribution in [1.82, 2.24) is 9.80 Å². The first kappa shape index (κ1) is 15.1. The standard InChI is InChI=1S/C16H26N2O2/c1-13(2)11-16(19)18(12-15-5-4-10-20-15)14-6-8-17(3)9-7-14/h4-5,10,13-14H,6-9,11-12H2,1-3H3. The zero-order valence-corrected chi connectivity index (χ0v) is 12.8. The van der Waals surface area contributed by atoms with E-state index in [2.05, 4.69) is 25.8 Å². The van der Waals surface area contributed by atoms with Crippen LogP contribution in [0.25, 0.3) is 0 Å². The summed E-state index contributed by atoms with van der Waals surface area (Å²) in [6.07, 6.45) is 4.41. The highest BCUT2D eigenvalue weighted by Crippen LogP contribution is 2.20. The zero-order chi connectivity index (χ0) is 14.5. The maximum absolute atomic E-state index is 12.5. The fourth-order valence-electron chi connectivity index (χ4n) is 2.76. The van der Waals surface area contributed by atoms with Crippen molar-refractivity contribution in [1.29, 1.82) is 0 Å². The van der Waals surface area contributed by atoms with Gasteiger partial charge >= 0.3 is 0 Å². The first-order valence-corrected chi connectivity index (χ1v) is 7.56. The molecule has 4 heteroatoms. The molecule has 1 aromatic heterocycles. The summed E-state index contributed by atoms with van der Waals surface area (Å²) in [4.78, 5) is 16.9. The van der Waals surface area contributed by atoms with Crippen LogP contribution < -0.4 is 0 Å². The minimum atomic E-state index is 0.256. The maximum atomic E-state index is 12.5. The Morgan fingerprint density at radius 3 is 2.70 bits per heavy atom. The summed E-state index contributed by atoms with van der Waals surface area (Å²) in [6, 6.07) is 4.18. The van der Waals surface area contributed by atoms with E-state index in [1.54, 1.807) is 6.26 Å². The van der Waals surface area contributed by atoms with Crippen molar-refractivity contribution < 1.29 is 9.21 Å². The van der Waals surface area contributed by atoms with Crippen molar-refractivity contribution >= 4 is 5.91 Å². The van der Waals surface area contributed by atoms with Crippen LogP contribution in [-0.4, -0.2) is 41.9 Å². The molecule has 1 aliphatic rings. The molecule has 2 heterocycles. The Morgan fingerprint density at radius 2 is 2.15 bits per heavy atom. The Morgan fingerprint density at radius 1 is 1.45 bits per heavy atom. The van der Waals surface area contributed by atoms with Crippen molar-refractivity contribution in [2.45, 2.75) is 45.7 Å². The van der Waals surface area contributed by atoms with Crippen LogP contribution in [0.2, 0.25) is 0 Å². The number of hydrogen-bond acceptors (Lipinski definition) is 3. The van der Waals surface area contributed by atoms with Crippen LogP contribution in [0.1, 0.15) is 38.9 Å². The van der Waals surface area contributed by atoms with Gasteiger partial charge in [0.25, 0.3) is 0 Å². The van der Waals surface area contributed by atoms with Gasteiger partial charge in [-0.3, -0.25) is 4.79 Å². The number of amides is 1. The second kappa shape index (κ2) is 6.93. The summed E-state index contributed by atoms with van der Waals surface area (Å²) >= 11 is 0. The summed E-state index contributed by atoms with van der Waals surface area (Å²) in [7, 11) is 2.14. The average molecular weight is 278 g/mol. The van der Waals surface area contributed by atoms with Crippen molar-refractivity contribution in [2.75, 3.05) is 20.1 Å². The average Bonchev–Trinajstić information content (AvgIpc) is 2.89. The second-order valence-corrected chi connectivity index (χ2v) is 6.23. The van der Waals surface area contributed by atoms with Gasteiger partial charge in [-0.25, -0.2) is 0 Å². The quantitative estimate of drug-likeness (QED) is 0.831. The van der Waals surface area contributed by atoms with Crippen molar-refractivity contribution in [2.24, 2.45) is 5.92 Å². The molecular weight excluding hydrogens is 252 g/mol. The Hall–Kier alpha value is -1.29. The number of rotatable bonds is 5. The molecule has 1 aliphatic heterocycles. The first-order valence-electron chi connectivity index (χ1n) is 7.56. The van der Waals surface area contributed by atoms with Crippen LogP contribution in [-0.2, 0) is 11.3 Å². The van der Waals surface area contributed by atoms with Crippen LogP contribution in [0.15, 0.2) is 22.8 Å². The molecule has 2 rings (SSSR count). The van der Waals surface area contributed by atoms with Crippen molar-refractivity contribution in [3.8, 4) is 0 Å². The lowest BCUT2D eigenvalue weighted by Gasteiger charge is -2.37. The molecule has 112 valence electrons. The van der Waals surface area contributed by atoms with Gasteiger partial charge in [-0.15, -0.1) is 0 Å². The highest BCUT2D eigenvalue weighted by Gasteiger charge is 2.27. The Kier molecular flexibility index (Phi) is 5.24. The van der Waals surface area contributed by atoms with E-state index >= 15 is 0 Å². The number of nitrogens with zero attached hydrogens (tertiary/aromatic N) is 2. The van der Waals surface area contributed by atoms with E-state index in [0.29, 0.717) is 24.9 Å². The molecule has 1 aromatic rings. The van der Waals surface area contributed by atoms with Crippen molar-refractivity contribution in [3.05, 3.63) is 24.2 Å². The summed E-state index contributed by atoms with van der Waals surface area (Å²) in [5.74, 6) is 1.53. The molecule has 0 radical (unpaired) electrons. The Labute approximate surface area is 121 Å². The molecule has 4 nitrogen and oxygen atoms in total. The molecule has 0 spiro atoms. The van der Waals surface area contributed by atoms with Crippen LogP contribution in [0.3, 0.4) is 0 Å². The predicted molar refractivity (Wildman–Crippen MR) is 79.2 cm³/mol. The minimum absolute atomic E-state index is 0.256. The maximum Gasteiger partial charge on any atom is 0.223 e. The Bertz CT molecular complexity index is 406. The number of carbonyl (C=O) groups excluding carboxylic acids is 1. The van der Waals surface area contributed by atoms with Gasteiger partial charge in [0.2, 0.25) is 5.91 Å². The fourth-order valence-corrected chi connectivity index (χ4v) is 2.76. The number of hydrogen-bond donors (Lipinski definition) is 0. The highest BCUT2D eigenvalue weighted by atomic mass is 16.3. The van der Waals surface area contributed by atoms with E-state index in [4.69, 9.17) is 4.42 Å². The van der Waals surface area contributed by atoms with E-state index in [-0.39, 0.29) is 5.91 Å².